The van der Waals surface area contributed by atoms with Gasteiger partial charge >= 0.3 is 0 Å². The van der Waals surface area contributed by atoms with Gasteiger partial charge in [-0.25, -0.2) is 0 Å². The maximum absolute atomic E-state index is 12.4. The van der Waals surface area contributed by atoms with Crippen molar-refractivity contribution in [1.82, 2.24) is 0 Å². The van der Waals surface area contributed by atoms with Crippen LogP contribution in [0.25, 0.3) is 0 Å². The Morgan fingerprint density at radius 1 is 1.41 bits per heavy atom. The van der Waals surface area contributed by atoms with Crippen molar-refractivity contribution in [3.05, 3.63) is 12.7 Å². The molecule has 3 unspecified atom stereocenters. The molecule has 0 amide bonds. The summed E-state index contributed by atoms with van der Waals surface area (Å²) in [7, 11) is 0. The fourth-order valence-corrected chi connectivity index (χ4v) is 4.25. The second kappa shape index (κ2) is 4.40. The van der Waals surface area contributed by atoms with Crippen molar-refractivity contribution in [2.24, 2.45) is 23.2 Å². The summed E-state index contributed by atoms with van der Waals surface area (Å²) in [5.41, 5.74) is -0.260. The van der Waals surface area contributed by atoms with E-state index < -0.39 is 0 Å². The quantitative estimate of drug-likeness (QED) is 0.688. The van der Waals surface area contributed by atoms with Crippen LogP contribution in [-0.2, 0) is 9.59 Å². The normalized spacial score (nSPS) is 42.1. The summed E-state index contributed by atoms with van der Waals surface area (Å²) < 4.78 is 0. The van der Waals surface area contributed by atoms with Crippen LogP contribution in [0, 0.1) is 23.2 Å². The molecule has 2 saturated carbocycles. The molecule has 0 aromatic heterocycles. The Labute approximate surface area is 103 Å². The van der Waals surface area contributed by atoms with Crippen molar-refractivity contribution in [3.63, 3.8) is 0 Å². The van der Waals surface area contributed by atoms with Gasteiger partial charge in [-0.05, 0) is 24.7 Å². The molecule has 0 bridgehead atoms. The van der Waals surface area contributed by atoms with E-state index in [0.29, 0.717) is 24.4 Å². The molecule has 0 N–H and O–H groups in total. The fourth-order valence-electron chi connectivity index (χ4n) is 4.25. The molecule has 94 valence electrons. The van der Waals surface area contributed by atoms with Gasteiger partial charge in [0, 0.05) is 24.2 Å². The molecule has 2 rings (SSSR count). The van der Waals surface area contributed by atoms with E-state index in [1.54, 1.807) is 0 Å². The van der Waals surface area contributed by atoms with Crippen LogP contribution in [0.3, 0.4) is 0 Å². The van der Waals surface area contributed by atoms with E-state index in [-0.39, 0.29) is 23.2 Å². The summed E-state index contributed by atoms with van der Waals surface area (Å²) in [5.74, 6) is 1.27. The molecule has 2 aliphatic rings. The van der Waals surface area contributed by atoms with Crippen molar-refractivity contribution in [2.45, 2.75) is 46.0 Å². The Kier molecular flexibility index (Phi) is 3.24. The molecule has 0 aromatic rings. The SMILES string of the molecule is C=C[C@@H]1CCC(=O)C12CCC(=O)C(C)C2CC. The minimum Gasteiger partial charge on any atom is -0.299 e. The average Bonchev–Trinajstić information content (AvgIpc) is 2.63. The van der Waals surface area contributed by atoms with Crippen molar-refractivity contribution in [1.29, 1.82) is 0 Å². The highest BCUT2D eigenvalue weighted by molar-refractivity contribution is 5.92. The lowest BCUT2D eigenvalue weighted by molar-refractivity contribution is -0.142. The average molecular weight is 234 g/mol. The second-order valence-electron chi connectivity index (χ2n) is 5.61. The first kappa shape index (κ1) is 12.5. The smallest absolute Gasteiger partial charge is 0.139 e. The summed E-state index contributed by atoms with van der Waals surface area (Å²) in [5, 5.41) is 0. The van der Waals surface area contributed by atoms with Crippen molar-refractivity contribution < 1.29 is 9.59 Å². The second-order valence-corrected chi connectivity index (χ2v) is 5.61. The van der Waals surface area contributed by atoms with Gasteiger partial charge < -0.3 is 0 Å². The zero-order valence-electron chi connectivity index (χ0n) is 10.9. The van der Waals surface area contributed by atoms with Gasteiger partial charge in [0.1, 0.15) is 11.6 Å². The fraction of sp³-hybridized carbons (Fsp3) is 0.733. The molecule has 17 heavy (non-hydrogen) atoms. The van der Waals surface area contributed by atoms with Crippen molar-refractivity contribution in [2.75, 3.05) is 0 Å². The largest absolute Gasteiger partial charge is 0.299 e. The third-order valence-corrected chi connectivity index (χ3v) is 5.15. The first-order valence-electron chi connectivity index (χ1n) is 6.76. The number of hydrogen-bond acceptors (Lipinski definition) is 2. The number of hydrogen-bond donors (Lipinski definition) is 0. The number of carbonyl (C=O) groups excluding carboxylic acids is 2. The lowest BCUT2D eigenvalue weighted by Crippen LogP contribution is -2.48. The zero-order chi connectivity index (χ0) is 12.6. The first-order chi connectivity index (χ1) is 8.07. The summed E-state index contributed by atoms with van der Waals surface area (Å²) in [6.07, 6.45) is 5.81. The van der Waals surface area contributed by atoms with Crippen molar-refractivity contribution >= 4 is 11.6 Å². The third-order valence-electron chi connectivity index (χ3n) is 5.15. The van der Waals surface area contributed by atoms with Crippen molar-refractivity contribution in [3.8, 4) is 0 Å². The van der Waals surface area contributed by atoms with Crippen LogP contribution in [0.2, 0.25) is 0 Å². The molecule has 0 heterocycles. The predicted molar refractivity (Wildman–Crippen MR) is 67.5 cm³/mol. The Hall–Kier alpha value is -0.920. The minimum absolute atomic E-state index is 0.0400. The van der Waals surface area contributed by atoms with E-state index in [0.717, 1.165) is 19.3 Å². The molecule has 0 aliphatic heterocycles. The summed E-state index contributed by atoms with van der Waals surface area (Å²) in [4.78, 5) is 24.3. The molecule has 1 spiro atoms. The van der Waals surface area contributed by atoms with Gasteiger partial charge in [-0.2, -0.15) is 0 Å². The molecule has 0 aromatic carbocycles. The molecule has 2 fully saturated rings. The maximum atomic E-state index is 12.4. The van der Waals surface area contributed by atoms with Crippen LogP contribution in [0.5, 0.6) is 0 Å². The Morgan fingerprint density at radius 3 is 2.71 bits per heavy atom. The Bertz CT molecular complexity index is 358. The van der Waals surface area contributed by atoms with Crippen LogP contribution in [0.15, 0.2) is 12.7 Å². The Morgan fingerprint density at radius 2 is 2.12 bits per heavy atom. The molecular weight excluding hydrogens is 212 g/mol. The van der Waals surface area contributed by atoms with Crippen LogP contribution < -0.4 is 0 Å². The molecule has 2 nitrogen and oxygen atoms in total. The molecule has 2 heteroatoms. The lowest BCUT2D eigenvalue weighted by Gasteiger charge is -2.46. The van der Waals surface area contributed by atoms with E-state index in [1.807, 2.05) is 13.0 Å². The number of carbonyl (C=O) groups is 2. The van der Waals surface area contributed by atoms with Gasteiger partial charge in [0.05, 0.1) is 0 Å². The van der Waals surface area contributed by atoms with Crippen LogP contribution >= 0.6 is 0 Å². The number of Topliss-reactive ketones (excluding diaryl/α,β-unsaturated/α-hetero) is 2. The highest BCUT2D eigenvalue weighted by Crippen LogP contribution is 2.56. The lowest BCUT2D eigenvalue weighted by atomic mass is 9.56. The molecule has 4 atom stereocenters. The highest BCUT2D eigenvalue weighted by Gasteiger charge is 2.56. The van der Waals surface area contributed by atoms with E-state index in [4.69, 9.17) is 0 Å². The van der Waals surface area contributed by atoms with Gasteiger partial charge in [0.25, 0.3) is 0 Å². The van der Waals surface area contributed by atoms with Gasteiger partial charge in [0.15, 0.2) is 0 Å². The Balaban J connectivity index is 2.42. The van der Waals surface area contributed by atoms with Gasteiger partial charge in [-0.1, -0.05) is 26.3 Å². The molecule has 0 radical (unpaired) electrons. The summed E-state index contributed by atoms with van der Waals surface area (Å²) in [6, 6.07) is 0. The van der Waals surface area contributed by atoms with E-state index in [9.17, 15) is 9.59 Å². The first-order valence-corrected chi connectivity index (χ1v) is 6.76. The van der Waals surface area contributed by atoms with E-state index in [2.05, 4.69) is 13.5 Å². The topological polar surface area (TPSA) is 34.1 Å². The number of ketones is 2. The zero-order valence-corrected chi connectivity index (χ0v) is 10.9. The molecule has 2 aliphatic carbocycles. The van der Waals surface area contributed by atoms with E-state index in [1.165, 1.54) is 0 Å². The number of rotatable bonds is 2. The van der Waals surface area contributed by atoms with Gasteiger partial charge in [0.2, 0.25) is 0 Å². The van der Waals surface area contributed by atoms with Gasteiger partial charge in [-0.15, -0.1) is 6.58 Å². The summed E-state index contributed by atoms with van der Waals surface area (Å²) in [6.45, 7) is 8.01. The third kappa shape index (κ3) is 1.61. The summed E-state index contributed by atoms with van der Waals surface area (Å²) >= 11 is 0. The maximum Gasteiger partial charge on any atom is 0.139 e. The van der Waals surface area contributed by atoms with Gasteiger partial charge in [-0.3, -0.25) is 9.59 Å². The van der Waals surface area contributed by atoms with E-state index >= 15 is 0 Å². The minimum atomic E-state index is -0.260. The molecule has 0 saturated heterocycles. The number of allylic oxidation sites excluding steroid dienone is 1. The molecular formula is C15H22O2. The van der Waals surface area contributed by atoms with Crippen LogP contribution in [0.4, 0.5) is 0 Å². The standard InChI is InChI=1S/C15H22O2/c1-4-11-6-7-14(17)15(11)9-8-13(16)10(3)12(15)5-2/h4,10-12H,1,5-9H2,2-3H3/t10?,11-,12?,15?/m1/s1. The van der Waals surface area contributed by atoms with Crippen LogP contribution in [0.1, 0.15) is 46.0 Å². The van der Waals surface area contributed by atoms with Crippen LogP contribution in [-0.4, -0.2) is 11.6 Å². The monoisotopic (exact) mass is 234 g/mol. The highest BCUT2D eigenvalue weighted by atomic mass is 16.1. The predicted octanol–water partition coefficient (Wildman–Crippen LogP) is 3.16.